The Morgan fingerprint density at radius 1 is 1.13 bits per heavy atom. The zero-order chi connectivity index (χ0) is 10.6. The topological polar surface area (TPSA) is 23.3 Å². The Kier molecular flexibility index (Phi) is 3.34. The molecule has 0 aromatic rings. The summed E-state index contributed by atoms with van der Waals surface area (Å²) in [6.07, 6.45) is 14.6. The van der Waals surface area contributed by atoms with Crippen LogP contribution in [0.25, 0.3) is 0 Å². The fourth-order valence-corrected chi connectivity index (χ4v) is 2.51. The van der Waals surface area contributed by atoms with Gasteiger partial charge in [0, 0.05) is 5.41 Å². The first-order valence-corrected chi connectivity index (χ1v) is 6.04. The Hall–Kier alpha value is -0.920. The third kappa shape index (κ3) is 2.55. The zero-order valence-corrected chi connectivity index (χ0v) is 9.54. The predicted molar refractivity (Wildman–Crippen MR) is 60.9 cm³/mol. The maximum Gasteiger partial charge on any atom is 0.127 e. The Balaban J connectivity index is 2.04. The highest BCUT2D eigenvalue weighted by Crippen LogP contribution is 2.41. The van der Waals surface area contributed by atoms with E-state index in [9.17, 15) is 0 Å². The molecule has 83 valence electrons. The van der Waals surface area contributed by atoms with Crippen molar-refractivity contribution < 1.29 is 4.74 Å². The van der Waals surface area contributed by atoms with Crippen LogP contribution in [-0.4, -0.2) is 0 Å². The van der Waals surface area contributed by atoms with Crippen molar-refractivity contribution in [3.05, 3.63) is 24.4 Å². The first-order valence-electron chi connectivity index (χ1n) is 6.04. The van der Waals surface area contributed by atoms with E-state index in [0.717, 1.165) is 5.76 Å². The van der Waals surface area contributed by atoms with E-state index in [2.05, 4.69) is 12.2 Å². The van der Waals surface area contributed by atoms with Crippen molar-refractivity contribution in [3.63, 3.8) is 0 Å². The highest BCUT2D eigenvalue weighted by Gasteiger charge is 2.31. The van der Waals surface area contributed by atoms with Gasteiger partial charge in [0.05, 0.1) is 12.4 Å². The number of hydrogen-bond acceptors (Lipinski definition) is 1. The van der Waals surface area contributed by atoms with Gasteiger partial charge in [-0.3, -0.25) is 5.32 Å². The molecular formula is C13H20NO. The van der Waals surface area contributed by atoms with Crippen LogP contribution in [0.4, 0.5) is 0 Å². The molecule has 1 aliphatic heterocycles. The number of hydrogen-bond donors (Lipinski definition) is 0. The van der Waals surface area contributed by atoms with Crippen LogP contribution in [0.15, 0.2) is 24.4 Å². The van der Waals surface area contributed by atoms with Crippen molar-refractivity contribution in [2.24, 2.45) is 5.41 Å². The first kappa shape index (κ1) is 10.6. The lowest BCUT2D eigenvalue weighted by atomic mass is 9.76. The Bertz CT molecular complexity index is 260. The van der Waals surface area contributed by atoms with Gasteiger partial charge in [0.15, 0.2) is 0 Å². The molecule has 15 heavy (non-hydrogen) atoms. The molecule has 1 heterocycles. The summed E-state index contributed by atoms with van der Waals surface area (Å²) in [4.78, 5) is 0. The summed E-state index contributed by atoms with van der Waals surface area (Å²) >= 11 is 0. The smallest absolute Gasteiger partial charge is 0.127 e. The molecule has 2 nitrogen and oxygen atoms in total. The van der Waals surface area contributed by atoms with Crippen LogP contribution in [-0.2, 0) is 4.74 Å². The van der Waals surface area contributed by atoms with Gasteiger partial charge in [0.1, 0.15) is 12.0 Å². The SMILES string of the molecule is CC1(C2=C[N]C=CO2)CCCCCCC1. The van der Waals surface area contributed by atoms with E-state index in [1.807, 2.05) is 6.20 Å². The largest absolute Gasteiger partial charge is 0.466 e. The summed E-state index contributed by atoms with van der Waals surface area (Å²) in [5.41, 5.74) is 0.217. The standard InChI is InChI=1S/C13H20NO/c1-13(12-11-14-9-10-15-12)7-5-3-2-4-6-8-13/h9-11H,2-8H2,1H3. The molecule has 1 aliphatic carbocycles. The average Bonchev–Trinajstić information content (AvgIpc) is 2.25. The minimum atomic E-state index is 0.217. The van der Waals surface area contributed by atoms with Crippen molar-refractivity contribution >= 4 is 0 Å². The zero-order valence-electron chi connectivity index (χ0n) is 9.54. The van der Waals surface area contributed by atoms with Crippen LogP contribution in [0.1, 0.15) is 51.9 Å². The molecule has 0 bridgehead atoms. The molecule has 0 aromatic carbocycles. The van der Waals surface area contributed by atoms with E-state index in [1.54, 1.807) is 12.5 Å². The molecule has 0 saturated heterocycles. The highest BCUT2D eigenvalue weighted by atomic mass is 16.5. The fraction of sp³-hybridized carbons (Fsp3) is 0.692. The summed E-state index contributed by atoms with van der Waals surface area (Å²) in [5.74, 6) is 1.06. The van der Waals surface area contributed by atoms with Crippen molar-refractivity contribution in [3.8, 4) is 0 Å². The maximum absolute atomic E-state index is 5.60. The van der Waals surface area contributed by atoms with Gasteiger partial charge in [-0.15, -0.1) is 0 Å². The maximum atomic E-state index is 5.60. The van der Waals surface area contributed by atoms with Gasteiger partial charge in [-0.1, -0.05) is 39.0 Å². The monoisotopic (exact) mass is 206 g/mol. The van der Waals surface area contributed by atoms with E-state index in [-0.39, 0.29) is 5.41 Å². The van der Waals surface area contributed by atoms with Gasteiger partial charge >= 0.3 is 0 Å². The van der Waals surface area contributed by atoms with Gasteiger partial charge in [0.2, 0.25) is 0 Å². The summed E-state index contributed by atoms with van der Waals surface area (Å²) < 4.78 is 5.60. The highest BCUT2D eigenvalue weighted by molar-refractivity contribution is 5.10. The lowest BCUT2D eigenvalue weighted by Crippen LogP contribution is -2.23. The Labute approximate surface area is 92.4 Å². The molecule has 0 spiro atoms. The molecule has 2 rings (SSSR count). The average molecular weight is 206 g/mol. The second-order valence-electron chi connectivity index (χ2n) is 4.87. The molecule has 0 aromatic heterocycles. The second-order valence-corrected chi connectivity index (χ2v) is 4.87. The van der Waals surface area contributed by atoms with Crippen LogP contribution < -0.4 is 5.32 Å². The minimum absolute atomic E-state index is 0.217. The number of allylic oxidation sites excluding steroid dienone is 1. The van der Waals surface area contributed by atoms with E-state index in [0.29, 0.717) is 0 Å². The molecule has 2 heteroatoms. The molecule has 0 unspecified atom stereocenters. The Morgan fingerprint density at radius 2 is 1.80 bits per heavy atom. The molecule has 1 radical (unpaired) electrons. The van der Waals surface area contributed by atoms with Crippen LogP contribution >= 0.6 is 0 Å². The second kappa shape index (κ2) is 4.73. The summed E-state index contributed by atoms with van der Waals surface area (Å²) in [6, 6.07) is 0. The van der Waals surface area contributed by atoms with Crippen molar-refractivity contribution in [1.29, 1.82) is 0 Å². The van der Waals surface area contributed by atoms with Gasteiger partial charge < -0.3 is 4.74 Å². The van der Waals surface area contributed by atoms with Crippen LogP contribution in [0.3, 0.4) is 0 Å². The molecule has 1 saturated carbocycles. The Morgan fingerprint density at radius 3 is 2.40 bits per heavy atom. The van der Waals surface area contributed by atoms with Gasteiger partial charge in [-0.05, 0) is 12.8 Å². The quantitative estimate of drug-likeness (QED) is 0.642. The third-order valence-electron chi connectivity index (χ3n) is 3.59. The molecule has 1 fully saturated rings. The lowest BCUT2D eigenvalue weighted by Gasteiger charge is -2.33. The number of rotatable bonds is 1. The van der Waals surface area contributed by atoms with E-state index < -0.39 is 0 Å². The van der Waals surface area contributed by atoms with E-state index in [4.69, 9.17) is 4.74 Å². The van der Waals surface area contributed by atoms with Crippen molar-refractivity contribution in [1.82, 2.24) is 5.32 Å². The van der Waals surface area contributed by atoms with Gasteiger partial charge in [-0.2, -0.15) is 0 Å². The predicted octanol–water partition coefficient (Wildman–Crippen LogP) is 3.68. The lowest BCUT2D eigenvalue weighted by molar-refractivity contribution is 0.169. The third-order valence-corrected chi connectivity index (χ3v) is 3.59. The van der Waals surface area contributed by atoms with E-state index >= 15 is 0 Å². The summed E-state index contributed by atoms with van der Waals surface area (Å²) in [6.45, 7) is 2.32. The first-order chi connectivity index (χ1) is 7.31. The van der Waals surface area contributed by atoms with Crippen molar-refractivity contribution in [2.45, 2.75) is 51.9 Å². The minimum Gasteiger partial charge on any atom is -0.466 e. The number of nitrogens with zero attached hydrogens (tertiary/aromatic N) is 1. The summed E-state index contributed by atoms with van der Waals surface area (Å²) in [7, 11) is 0. The van der Waals surface area contributed by atoms with Crippen LogP contribution in [0.2, 0.25) is 0 Å². The molecule has 2 aliphatic rings. The van der Waals surface area contributed by atoms with Crippen molar-refractivity contribution in [2.75, 3.05) is 0 Å². The fourth-order valence-electron chi connectivity index (χ4n) is 2.51. The number of ether oxygens (including phenoxy) is 1. The normalized spacial score (nSPS) is 25.5. The van der Waals surface area contributed by atoms with Gasteiger partial charge in [0.25, 0.3) is 0 Å². The van der Waals surface area contributed by atoms with E-state index in [1.165, 1.54) is 44.9 Å². The molecular weight excluding hydrogens is 186 g/mol. The molecule has 0 amide bonds. The molecule has 0 atom stereocenters. The van der Waals surface area contributed by atoms with Gasteiger partial charge in [-0.25, -0.2) is 0 Å². The van der Waals surface area contributed by atoms with Crippen LogP contribution in [0.5, 0.6) is 0 Å². The summed E-state index contributed by atoms with van der Waals surface area (Å²) in [5, 5.41) is 4.17. The van der Waals surface area contributed by atoms with Crippen LogP contribution in [0, 0.1) is 5.41 Å². The molecule has 0 N–H and O–H groups in total.